The van der Waals surface area contributed by atoms with E-state index in [2.05, 4.69) is 15.5 Å². The van der Waals surface area contributed by atoms with Gasteiger partial charge >= 0.3 is 6.18 Å². The first-order chi connectivity index (χ1) is 9.77. The van der Waals surface area contributed by atoms with Gasteiger partial charge in [-0.3, -0.25) is 4.79 Å². The molecule has 0 fully saturated rings. The SMILES string of the molecule is NC(=O)C1=NO[C@H](CNc2ncc(C(F)(F)F)cc2Cl)C1. The molecular formula is C11H10ClF3N4O2. The Bertz CT molecular complexity index is 591. The van der Waals surface area contributed by atoms with Gasteiger partial charge in [0.15, 0.2) is 6.10 Å². The third-order valence-electron chi connectivity index (χ3n) is 2.68. The summed E-state index contributed by atoms with van der Waals surface area (Å²) < 4.78 is 37.4. The van der Waals surface area contributed by atoms with E-state index in [0.29, 0.717) is 6.20 Å². The maximum absolute atomic E-state index is 12.5. The molecule has 114 valence electrons. The van der Waals surface area contributed by atoms with Crippen molar-refractivity contribution in [3.63, 3.8) is 0 Å². The smallest absolute Gasteiger partial charge is 0.390 e. The summed E-state index contributed by atoms with van der Waals surface area (Å²) in [6, 6.07) is 0.776. The van der Waals surface area contributed by atoms with Crippen LogP contribution in [0, 0.1) is 0 Å². The highest BCUT2D eigenvalue weighted by molar-refractivity contribution is 6.38. The molecule has 1 aromatic heterocycles. The predicted molar refractivity (Wildman–Crippen MR) is 68.9 cm³/mol. The van der Waals surface area contributed by atoms with Gasteiger partial charge in [0.05, 0.1) is 17.1 Å². The van der Waals surface area contributed by atoms with E-state index in [0.717, 1.165) is 6.07 Å². The number of pyridine rings is 1. The average molecular weight is 323 g/mol. The van der Waals surface area contributed by atoms with Gasteiger partial charge in [0.2, 0.25) is 0 Å². The number of hydrogen-bond donors (Lipinski definition) is 2. The van der Waals surface area contributed by atoms with E-state index in [1.807, 2.05) is 0 Å². The molecule has 1 aromatic rings. The summed E-state index contributed by atoms with van der Waals surface area (Å²) in [5, 5.41) is 6.06. The lowest BCUT2D eigenvalue weighted by atomic mass is 10.2. The second-order valence-electron chi connectivity index (χ2n) is 4.27. The van der Waals surface area contributed by atoms with Crippen LogP contribution < -0.4 is 11.1 Å². The second-order valence-corrected chi connectivity index (χ2v) is 4.67. The third-order valence-corrected chi connectivity index (χ3v) is 2.97. The molecular weight excluding hydrogens is 313 g/mol. The molecule has 1 atom stereocenters. The Kier molecular flexibility index (Phi) is 4.21. The Balaban J connectivity index is 1.95. The van der Waals surface area contributed by atoms with Gasteiger partial charge in [-0.1, -0.05) is 16.8 Å². The summed E-state index contributed by atoms with van der Waals surface area (Å²) in [6.07, 6.45) is -4.09. The second kappa shape index (κ2) is 5.76. The Morgan fingerprint density at radius 2 is 2.29 bits per heavy atom. The van der Waals surface area contributed by atoms with Crippen LogP contribution in [0.2, 0.25) is 5.02 Å². The van der Waals surface area contributed by atoms with Crippen molar-refractivity contribution in [1.82, 2.24) is 4.98 Å². The van der Waals surface area contributed by atoms with Gasteiger partial charge in [-0.15, -0.1) is 0 Å². The molecule has 0 aromatic carbocycles. The van der Waals surface area contributed by atoms with E-state index in [4.69, 9.17) is 22.2 Å². The third kappa shape index (κ3) is 3.75. The van der Waals surface area contributed by atoms with Gasteiger partial charge in [0, 0.05) is 12.6 Å². The number of nitrogens with one attached hydrogen (secondary N) is 1. The summed E-state index contributed by atoms with van der Waals surface area (Å²) >= 11 is 5.73. The van der Waals surface area contributed by atoms with Crippen molar-refractivity contribution in [2.45, 2.75) is 18.7 Å². The molecule has 2 heterocycles. The molecule has 1 aliphatic rings. The molecule has 10 heteroatoms. The lowest BCUT2D eigenvalue weighted by Gasteiger charge is -2.13. The highest BCUT2D eigenvalue weighted by Crippen LogP contribution is 2.32. The van der Waals surface area contributed by atoms with Crippen LogP contribution in [0.5, 0.6) is 0 Å². The zero-order valence-electron chi connectivity index (χ0n) is 10.4. The summed E-state index contributed by atoms with van der Waals surface area (Å²) in [5.74, 6) is -0.594. The van der Waals surface area contributed by atoms with Crippen LogP contribution in [0.4, 0.5) is 19.0 Å². The van der Waals surface area contributed by atoms with Crippen molar-refractivity contribution in [2.24, 2.45) is 10.9 Å². The zero-order valence-corrected chi connectivity index (χ0v) is 11.2. The van der Waals surface area contributed by atoms with Crippen LogP contribution in [0.15, 0.2) is 17.4 Å². The lowest BCUT2D eigenvalue weighted by Crippen LogP contribution is -2.26. The van der Waals surface area contributed by atoms with Crippen LogP contribution in [0.3, 0.4) is 0 Å². The molecule has 2 rings (SSSR count). The Hall–Kier alpha value is -2.03. The quantitative estimate of drug-likeness (QED) is 0.884. The molecule has 0 spiro atoms. The molecule has 0 bridgehead atoms. The number of carbonyl (C=O) groups excluding carboxylic acids is 1. The fraction of sp³-hybridized carbons (Fsp3) is 0.364. The molecule has 3 N–H and O–H groups in total. The number of anilines is 1. The summed E-state index contributed by atoms with van der Waals surface area (Å²) in [6.45, 7) is 0.165. The molecule has 1 aliphatic heterocycles. The number of carbonyl (C=O) groups is 1. The minimum Gasteiger partial charge on any atom is -0.390 e. The molecule has 0 unspecified atom stereocenters. The van der Waals surface area contributed by atoms with E-state index < -0.39 is 23.8 Å². The van der Waals surface area contributed by atoms with Gasteiger partial charge in [-0.05, 0) is 6.07 Å². The van der Waals surface area contributed by atoms with E-state index in [9.17, 15) is 18.0 Å². The Morgan fingerprint density at radius 1 is 1.57 bits per heavy atom. The van der Waals surface area contributed by atoms with Gasteiger partial charge in [0.25, 0.3) is 5.91 Å². The summed E-state index contributed by atoms with van der Waals surface area (Å²) in [7, 11) is 0. The number of hydrogen-bond acceptors (Lipinski definition) is 5. The fourth-order valence-corrected chi connectivity index (χ4v) is 1.85. The van der Waals surface area contributed by atoms with Crippen molar-refractivity contribution >= 4 is 29.0 Å². The Labute approximate surface area is 122 Å². The van der Waals surface area contributed by atoms with Crippen molar-refractivity contribution < 1.29 is 22.8 Å². The van der Waals surface area contributed by atoms with E-state index in [-0.39, 0.29) is 29.5 Å². The molecule has 6 nitrogen and oxygen atoms in total. The maximum Gasteiger partial charge on any atom is 0.417 e. The normalized spacial score (nSPS) is 18.1. The first-order valence-electron chi connectivity index (χ1n) is 5.76. The largest absolute Gasteiger partial charge is 0.417 e. The molecule has 21 heavy (non-hydrogen) atoms. The molecule has 0 saturated carbocycles. The number of oxime groups is 1. The maximum atomic E-state index is 12.5. The van der Waals surface area contributed by atoms with Gasteiger partial charge in [-0.2, -0.15) is 13.2 Å². The number of aromatic nitrogens is 1. The highest BCUT2D eigenvalue weighted by atomic mass is 35.5. The van der Waals surface area contributed by atoms with Gasteiger partial charge in [0.1, 0.15) is 11.5 Å². The highest BCUT2D eigenvalue weighted by Gasteiger charge is 2.31. The summed E-state index contributed by atoms with van der Waals surface area (Å²) in [5.41, 5.74) is 4.21. The molecule has 0 radical (unpaired) electrons. The summed E-state index contributed by atoms with van der Waals surface area (Å²) in [4.78, 5) is 19.4. The monoisotopic (exact) mass is 322 g/mol. The topological polar surface area (TPSA) is 89.6 Å². The van der Waals surface area contributed by atoms with E-state index in [1.54, 1.807) is 0 Å². The van der Waals surface area contributed by atoms with E-state index >= 15 is 0 Å². The van der Waals surface area contributed by atoms with Crippen molar-refractivity contribution in [1.29, 1.82) is 0 Å². The van der Waals surface area contributed by atoms with Crippen molar-refractivity contribution in [2.75, 3.05) is 11.9 Å². The van der Waals surface area contributed by atoms with Gasteiger partial charge < -0.3 is 15.9 Å². The van der Waals surface area contributed by atoms with Crippen molar-refractivity contribution in [3.05, 3.63) is 22.8 Å². The zero-order chi connectivity index (χ0) is 15.6. The first kappa shape index (κ1) is 15.4. The number of nitrogens with two attached hydrogens (primary N) is 1. The van der Waals surface area contributed by atoms with Crippen LogP contribution in [0.25, 0.3) is 0 Å². The molecule has 1 amide bonds. The van der Waals surface area contributed by atoms with Crippen molar-refractivity contribution in [3.8, 4) is 0 Å². The van der Waals surface area contributed by atoms with E-state index in [1.165, 1.54) is 0 Å². The van der Waals surface area contributed by atoms with Gasteiger partial charge in [-0.25, -0.2) is 4.98 Å². The molecule has 0 aliphatic carbocycles. The first-order valence-corrected chi connectivity index (χ1v) is 6.14. The minimum absolute atomic E-state index is 0.0841. The number of primary amides is 1. The number of halogens is 4. The average Bonchev–Trinajstić information content (AvgIpc) is 2.85. The Morgan fingerprint density at radius 3 is 2.81 bits per heavy atom. The van der Waals surface area contributed by atoms with Crippen LogP contribution in [-0.2, 0) is 15.8 Å². The number of alkyl halides is 3. The number of rotatable bonds is 4. The number of nitrogens with zero attached hydrogens (tertiary/aromatic N) is 2. The fourth-order valence-electron chi connectivity index (χ4n) is 1.62. The number of amides is 1. The molecule has 0 saturated heterocycles. The van der Waals surface area contributed by atoms with Crippen LogP contribution in [-0.4, -0.2) is 29.3 Å². The predicted octanol–water partition coefficient (Wildman–Crippen LogP) is 1.80. The standard InChI is InChI=1S/C11H10ClF3N4O2/c12-7-1-5(11(13,14)15)3-17-10(7)18-4-6-2-8(9(16)20)19-21-6/h1,3,6H,2,4H2,(H2,16,20)(H,17,18)/t6-/m0/s1. The lowest BCUT2D eigenvalue weighted by molar-refractivity contribution is -0.137. The van der Waals surface area contributed by atoms with Crippen LogP contribution >= 0.6 is 11.6 Å². The van der Waals surface area contributed by atoms with Crippen LogP contribution in [0.1, 0.15) is 12.0 Å². The minimum atomic E-state index is -4.51.